The predicted molar refractivity (Wildman–Crippen MR) is 107 cm³/mol. The van der Waals surface area contributed by atoms with E-state index in [1.165, 1.54) is 18.4 Å². The highest BCUT2D eigenvalue weighted by Gasteiger charge is 2.23. The monoisotopic (exact) mass is 385 g/mol. The van der Waals surface area contributed by atoms with E-state index < -0.39 is 0 Å². The second-order valence-electron chi connectivity index (χ2n) is 7.86. The van der Waals surface area contributed by atoms with Crippen molar-refractivity contribution in [2.45, 2.75) is 64.2 Å². The molecule has 0 spiro atoms. The lowest BCUT2D eigenvalue weighted by molar-refractivity contribution is -0.0756. The fourth-order valence-corrected chi connectivity index (χ4v) is 3.93. The molecule has 1 atom stereocenters. The maximum absolute atomic E-state index is 6.10. The lowest BCUT2D eigenvalue weighted by Gasteiger charge is -2.32. The van der Waals surface area contributed by atoms with Crippen molar-refractivity contribution in [3.8, 4) is 11.4 Å². The number of hydrogen-bond donors (Lipinski definition) is 0. The SMILES string of the molecule is CCc1ccc(-c2noc(CN3CCC(OCC4CCCCO4)CC3)n2)cc1. The molecule has 6 heteroatoms. The average Bonchev–Trinajstić information content (AvgIpc) is 3.22. The molecule has 1 aromatic carbocycles. The van der Waals surface area contributed by atoms with Crippen LogP contribution in [0.15, 0.2) is 28.8 Å². The first-order valence-corrected chi connectivity index (χ1v) is 10.7. The van der Waals surface area contributed by atoms with E-state index in [0.29, 0.717) is 30.5 Å². The van der Waals surface area contributed by atoms with E-state index in [1.807, 2.05) is 0 Å². The fourth-order valence-electron chi connectivity index (χ4n) is 3.93. The Bertz CT molecular complexity index is 717. The summed E-state index contributed by atoms with van der Waals surface area (Å²) in [6, 6.07) is 8.36. The topological polar surface area (TPSA) is 60.6 Å². The number of hydrogen-bond acceptors (Lipinski definition) is 6. The van der Waals surface area contributed by atoms with Gasteiger partial charge in [-0.05, 0) is 44.1 Å². The van der Waals surface area contributed by atoms with Gasteiger partial charge in [-0.3, -0.25) is 4.90 Å². The van der Waals surface area contributed by atoms with Gasteiger partial charge in [-0.1, -0.05) is 36.3 Å². The largest absolute Gasteiger partial charge is 0.376 e. The van der Waals surface area contributed by atoms with Crippen LogP contribution in [-0.4, -0.2) is 53.6 Å². The molecule has 3 heterocycles. The third-order valence-corrected chi connectivity index (χ3v) is 5.77. The molecule has 0 radical (unpaired) electrons. The molecule has 0 aliphatic carbocycles. The molecular weight excluding hydrogens is 354 g/mol. The van der Waals surface area contributed by atoms with Gasteiger partial charge in [0.15, 0.2) is 0 Å². The minimum absolute atomic E-state index is 0.301. The molecular formula is C22H31N3O3. The summed E-state index contributed by atoms with van der Waals surface area (Å²) in [4.78, 5) is 6.95. The lowest BCUT2D eigenvalue weighted by atomic mass is 10.1. The lowest BCUT2D eigenvalue weighted by Crippen LogP contribution is -2.38. The minimum Gasteiger partial charge on any atom is -0.376 e. The van der Waals surface area contributed by atoms with Gasteiger partial charge in [-0.25, -0.2) is 0 Å². The maximum Gasteiger partial charge on any atom is 0.241 e. The molecule has 0 amide bonds. The standard InChI is InChI=1S/C22H31N3O3/c1-2-17-6-8-18(9-7-17)22-23-21(28-24-22)15-25-12-10-19(11-13-25)27-16-20-5-3-4-14-26-20/h6-9,19-20H,2-5,10-16H2,1H3. The van der Waals surface area contributed by atoms with Gasteiger partial charge in [-0.15, -0.1) is 0 Å². The first kappa shape index (κ1) is 19.6. The van der Waals surface area contributed by atoms with Gasteiger partial charge in [0.1, 0.15) is 0 Å². The van der Waals surface area contributed by atoms with Crippen LogP contribution in [0.25, 0.3) is 11.4 Å². The summed E-state index contributed by atoms with van der Waals surface area (Å²) in [7, 11) is 0. The summed E-state index contributed by atoms with van der Waals surface area (Å²) < 4.78 is 17.3. The zero-order valence-corrected chi connectivity index (χ0v) is 16.8. The molecule has 1 aromatic heterocycles. The number of aryl methyl sites for hydroxylation is 1. The predicted octanol–water partition coefficient (Wildman–Crippen LogP) is 3.85. The van der Waals surface area contributed by atoms with E-state index in [1.54, 1.807) is 0 Å². The first-order valence-electron chi connectivity index (χ1n) is 10.7. The van der Waals surface area contributed by atoms with Gasteiger partial charge < -0.3 is 14.0 Å². The molecule has 2 aliphatic heterocycles. The third-order valence-electron chi connectivity index (χ3n) is 5.77. The van der Waals surface area contributed by atoms with Crippen LogP contribution in [0, 0.1) is 0 Å². The number of nitrogens with zero attached hydrogens (tertiary/aromatic N) is 3. The second-order valence-corrected chi connectivity index (χ2v) is 7.86. The van der Waals surface area contributed by atoms with Gasteiger partial charge in [0.25, 0.3) is 0 Å². The van der Waals surface area contributed by atoms with E-state index in [-0.39, 0.29) is 0 Å². The smallest absolute Gasteiger partial charge is 0.241 e. The van der Waals surface area contributed by atoms with Crippen molar-refractivity contribution in [3.05, 3.63) is 35.7 Å². The number of benzene rings is 1. The van der Waals surface area contributed by atoms with Crippen molar-refractivity contribution in [3.63, 3.8) is 0 Å². The zero-order valence-electron chi connectivity index (χ0n) is 16.8. The van der Waals surface area contributed by atoms with Crippen molar-refractivity contribution in [1.29, 1.82) is 0 Å². The second kappa shape index (κ2) is 9.63. The number of aromatic nitrogens is 2. The van der Waals surface area contributed by atoms with Gasteiger partial charge >= 0.3 is 0 Å². The average molecular weight is 386 g/mol. The zero-order chi connectivity index (χ0) is 19.2. The van der Waals surface area contributed by atoms with Crippen LogP contribution in [0.5, 0.6) is 0 Å². The van der Waals surface area contributed by atoms with Crippen LogP contribution in [0.3, 0.4) is 0 Å². The molecule has 28 heavy (non-hydrogen) atoms. The van der Waals surface area contributed by atoms with Crippen molar-refractivity contribution in [2.24, 2.45) is 0 Å². The molecule has 2 aliphatic rings. The summed E-state index contributed by atoms with van der Waals surface area (Å²) in [5.41, 5.74) is 2.32. The maximum atomic E-state index is 6.10. The Morgan fingerprint density at radius 3 is 2.64 bits per heavy atom. The Balaban J connectivity index is 1.22. The Kier molecular flexibility index (Phi) is 6.73. The molecule has 152 valence electrons. The third kappa shape index (κ3) is 5.19. The molecule has 0 bridgehead atoms. The Morgan fingerprint density at radius 1 is 1.11 bits per heavy atom. The normalized spacial score (nSPS) is 21.8. The first-order chi connectivity index (χ1) is 13.8. The van der Waals surface area contributed by atoms with E-state index in [0.717, 1.165) is 57.6 Å². The Morgan fingerprint density at radius 2 is 1.93 bits per heavy atom. The van der Waals surface area contributed by atoms with Crippen molar-refractivity contribution in [2.75, 3.05) is 26.3 Å². The molecule has 1 unspecified atom stereocenters. The Labute approximate surface area is 167 Å². The minimum atomic E-state index is 0.301. The number of ether oxygens (including phenoxy) is 2. The van der Waals surface area contributed by atoms with Crippen LogP contribution in [-0.2, 0) is 22.4 Å². The van der Waals surface area contributed by atoms with Crippen molar-refractivity contribution < 1.29 is 14.0 Å². The summed E-state index contributed by atoms with van der Waals surface area (Å²) in [6.45, 7) is 6.49. The number of piperidine rings is 1. The fraction of sp³-hybridized carbons (Fsp3) is 0.636. The molecule has 0 saturated carbocycles. The molecule has 0 N–H and O–H groups in total. The van der Waals surface area contributed by atoms with Gasteiger partial charge in [-0.2, -0.15) is 4.98 Å². The van der Waals surface area contributed by atoms with Gasteiger partial charge in [0, 0.05) is 25.3 Å². The Hall–Kier alpha value is -1.76. The highest BCUT2D eigenvalue weighted by atomic mass is 16.5. The summed E-state index contributed by atoms with van der Waals surface area (Å²) in [5.74, 6) is 1.35. The van der Waals surface area contributed by atoms with Gasteiger partial charge in [0.05, 0.1) is 25.4 Å². The van der Waals surface area contributed by atoms with Crippen LogP contribution >= 0.6 is 0 Å². The van der Waals surface area contributed by atoms with Gasteiger partial charge in [0.2, 0.25) is 11.7 Å². The molecule has 4 rings (SSSR count). The van der Waals surface area contributed by atoms with Crippen LogP contribution in [0.4, 0.5) is 0 Å². The summed E-state index contributed by atoms with van der Waals surface area (Å²) >= 11 is 0. The molecule has 2 saturated heterocycles. The molecule has 2 aromatic rings. The highest BCUT2D eigenvalue weighted by molar-refractivity contribution is 5.54. The molecule has 6 nitrogen and oxygen atoms in total. The number of likely N-dealkylation sites (tertiary alicyclic amines) is 1. The highest BCUT2D eigenvalue weighted by Crippen LogP contribution is 2.21. The summed E-state index contributed by atoms with van der Waals surface area (Å²) in [5, 5.41) is 4.15. The van der Waals surface area contributed by atoms with E-state index in [4.69, 9.17) is 14.0 Å². The van der Waals surface area contributed by atoms with Crippen molar-refractivity contribution in [1.82, 2.24) is 15.0 Å². The van der Waals surface area contributed by atoms with E-state index in [9.17, 15) is 0 Å². The quantitative estimate of drug-likeness (QED) is 0.721. The van der Waals surface area contributed by atoms with Crippen LogP contribution < -0.4 is 0 Å². The van der Waals surface area contributed by atoms with E-state index >= 15 is 0 Å². The molecule has 2 fully saturated rings. The van der Waals surface area contributed by atoms with Crippen molar-refractivity contribution >= 4 is 0 Å². The summed E-state index contributed by atoms with van der Waals surface area (Å²) in [6.07, 6.45) is 7.37. The van der Waals surface area contributed by atoms with Crippen LogP contribution in [0.2, 0.25) is 0 Å². The van der Waals surface area contributed by atoms with Crippen LogP contribution in [0.1, 0.15) is 50.5 Å². The van der Waals surface area contributed by atoms with E-state index in [2.05, 4.69) is 46.2 Å². The number of rotatable bonds is 7.